The van der Waals surface area contributed by atoms with Crippen molar-refractivity contribution in [1.29, 1.82) is 0 Å². The Morgan fingerprint density at radius 3 is 1.08 bits per heavy atom. The Morgan fingerprint density at radius 2 is 1.00 bits per heavy atom. The van der Waals surface area contributed by atoms with Gasteiger partial charge in [-0.15, -0.1) is 0 Å². The van der Waals surface area contributed by atoms with Crippen LogP contribution in [-0.2, 0) is 19.5 Å². The van der Waals surface area contributed by atoms with Crippen LogP contribution in [0.4, 0.5) is 0 Å². The summed E-state index contributed by atoms with van der Waals surface area (Å²) in [6, 6.07) is 0. The molecule has 4 N–H and O–H groups in total. The first kappa shape index (κ1) is 34.8. The van der Waals surface area contributed by atoms with Crippen molar-refractivity contribution in [3.05, 3.63) is 0 Å². The molecular formula is C10H20N4S10Zn. The maximum atomic E-state index is 5.23. The maximum Gasteiger partial charge on any atom is 2.00 e. The Bertz CT molecular complexity index is 310. The van der Waals surface area contributed by atoms with Gasteiger partial charge in [-0.3, -0.25) is 11.0 Å². The van der Waals surface area contributed by atoms with E-state index in [0.29, 0.717) is 8.64 Å². The summed E-state index contributed by atoms with van der Waals surface area (Å²) in [5.41, 5.74) is 15.5. The van der Waals surface area contributed by atoms with Crippen molar-refractivity contribution in [3.8, 4) is 0 Å². The topological polar surface area (TPSA) is 58.5 Å². The number of thiocarbonyl (C=S) groups is 4. The average molecular weight is 582 g/mol. The fourth-order valence-electron chi connectivity index (χ4n) is 0.583. The zero-order valence-electron chi connectivity index (χ0n) is 14.3. The third kappa shape index (κ3) is 34.2. The van der Waals surface area contributed by atoms with Crippen molar-refractivity contribution in [1.82, 2.24) is 7.42 Å². The second-order valence-corrected chi connectivity index (χ2v) is 10.2. The van der Waals surface area contributed by atoms with E-state index in [-0.39, 0.29) is 19.5 Å². The van der Waals surface area contributed by atoms with Crippen LogP contribution in [0.25, 0.3) is 0 Å². The number of hydrogen-bond acceptors (Lipinski definition) is 10. The van der Waals surface area contributed by atoms with Gasteiger partial charge < -0.3 is 43.3 Å². The molecule has 0 saturated carbocycles. The van der Waals surface area contributed by atoms with E-state index in [1.165, 1.54) is 23.5 Å². The van der Waals surface area contributed by atoms with Crippen LogP contribution in [0.15, 0.2) is 0 Å². The Kier molecular flexibility index (Phi) is 39.6. The zero-order valence-corrected chi connectivity index (χ0v) is 25.4. The van der Waals surface area contributed by atoms with Gasteiger partial charge in [0.05, 0.1) is 0 Å². The minimum atomic E-state index is 0. The normalized spacial score (nSPS) is 8.32. The molecule has 15 heteroatoms. The molecule has 25 heavy (non-hydrogen) atoms. The second-order valence-electron chi connectivity index (χ2n) is 2.76. The van der Waals surface area contributed by atoms with E-state index in [1.807, 2.05) is 25.0 Å². The molecule has 0 bridgehead atoms. The number of rotatable bonds is 9. The molecule has 4 nitrogen and oxygen atoms in total. The smallest absolute Gasteiger partial charge is 0.436 e. The van der Waals surface area contributed by atoms with Gasteiger partial charge in [-0.1, -0.05) is 95.8 Å². The summed E-state index contributed by atoms with van der Waals surface area (Å²) < 4.78 is 4.50. The molecule has 0 heterocycles. The largest absolute Gasteiger partial charge is 2.00 e. The summed E-state index contributed by atoms with van der Waals surface area (Å²) in [5, 5.41) is 0. The monoisotopic (exact) mass is 580 g/mol. The number of nitrogens with zero attached hydrogens (tertiary/aromatic N) is 2. The van der Waals surface area contributed by atoms with Crippen LogP contribution in [-0.4, -0.2) is 63.6 Å². The van der Waals surface area contributed by atoms with Crippen molar-refractivity contribution in [2.24, 2.45) is 11.5 Å². The van der Waals surface area contributed by atoms with Gasteiger partial charge in [-0.25, -0.2) is 0 Å². The molecule has 0 spiro atoms. The van der Waals surface area contributed by atoms with E-state index in [1.54, 1.807) is 55.2 Å². The average Bonchev–Trinajstić information content (AvgIpc) is 2.56. The fraction of sp³-hybridized carbons (Fsp3) is 0.600. The van der Waals surface area contributed by atoms with Gasteiger partial charge in [0, 0.05) is 11.5 Å². The Balaban J connectivity index is -0.000000133. The van der Waals surface area contributed by atoms with Crippen LogP contribution in [0.5, 0.6) is 0 Å². The summed E-state index contributed by atoms with van der Waals surface area (Å²) in [4.78, 5) is 0. The molecule has 0 aromatic rings. The number of thioether (sulfide) groups is 2. The third-order valence-corrected chi connectivity index (χ3v) is 8.04. The molecule has 0 aromatic heterocycles. The first-order valence-electron chi connectivity index (χ1n) is 5.69. The first-order valence-corrected chi connectivity index (χ1v) is 14.0. The predicted octanol–water partition coefficient (Wildman–Crippen LogP) is 4.29. The molecule has 0 fully saturated rings. The Hall–Kier alpha value is 2.28. The first-order chi connectivity index (χ1) is 11.3. The number of nitrogens with two attached hydrogens (primary N) is 2. The van der Waals surface area contributed by atoms with Gasteiger partial charge in [-0.2, -0.15) is 0 Å². The van der Waals surface area contributed by atoms with Gasteiger partial charge in [0.25, 0.3) is 0 Å². The molecule has 0 rings (SSSR count). The van der Waals surface area contributed by atoms with E-state index in [4.69, 9.17) is 11.5 Å². The maximum absolute atomic E-state index is 5.23. The molecule has 142 valence electrons. The van der Waals surface area contributed by atoms with Crippen molar-refractivity contribution < 1.29 is 19.5 Å². The second kappa shape index (κ2) is 28.5. The Morgan fingerprint density at radius 1 is 0.760 bits per heavy atom. The van der Waals surface area contributed by atoms with Crippen molar-refractivity contribution >= 4 is 140 Å². The number of hydrogen-bond donors (Lipinski definition) is 2. The zero-order chi connectivity index (χ0) is 19.4. The molecule has 0 unspecified atom stereocenters. The minimum Gasteiger partial charge on any atom is -0.436 e. The molecule has 0 saturated heterocycles. The van der Waals surface area contributed by atoms with Crippen LogP contribution in [0.2, 0.25) is 0 Å². The summed E-state index contributed by atoms with van der Waals surface area (Å²) in [6.45, 7) is 0. The van der Waals surface area contributed by atoms with Crippen molar-refractivity contribution in [2.75, 3.05) is 36.5 Å². The summed E-state index contributed by atoms with van der Waals surface area (Å²) in [7, 11) is 0. The summed E-state index contributed by atoms with van der Waals surface area (Å²) >= 11 is 27.4. The van der Waals surface area contributed by atoms with Crippen molar-refractivity contribution in [2.45, 2.75) is 0 Å². The van der Waals surface area contributed by atoms with E-state index < -0.39 is 0 Å². The van der Waals surface area contributed by atoms with Gasteiger partial charge >= 0.3 is 19.5 Å². The third-order valence-electron chi connectivity index (χ3n) is 1.38. The quantitative estimate of drug-likeness (QED) is 0.102. The van der Waals surface area contributed by atoms with Crippen LogP contribution in [0, 0.1) is 0 Å². The van der Waals surface area contributed by atoms with Crippen LogP contribution < -0.4 is 11.5 Å². The Labute approximate surface area is 212 Å². The van der Waals surface area contributed by atoms with E-state index in [0.717, 1.165) is 11.5 Å². The molecule has 0 aliphatic carbocycles. The summed E-state index contributed by atoms with van der Waals surface area (Å²) in [5.74, 6) is 1.74. The van der Waals surface area contributed by atoms with Crippen LogP contribution >= 0.6 is 120 Å². The molecule has 0 atom stereocenters. The fourth-order valence-corrected chi connectivity index (χ4v) is 4.54. The van der Waals surface area contributed by atoms with Crippen molar-refractivity contribution in [3.63, 3.8) is 0 Å². The van der Waals surface area contributed by atoms with Gasteiger partial charge in [0.1, 0.15) is 8.64 Å². The van der Waals surface area contributed by atoms with Gasteiger partial charge in [0.15, 0.2) is 0 Å². The standard InChI is InChI=1S/C4H8N2S4.2C3H6NS3.Zn/c5-3(7)9-1-2-10-4(6)8;2*1-6-4(3-5)7-2;/h1-2H2,(H2,5,7)(H2,6,8);2*1-2H3;/q;2*-1;+2. The molecule has 0 amide bonds. The van der Waals surface area contributed by atoms with Crippen LogP contribution in [0.3, 0.4) is 0 Å². The summed E-state index contributed by atoms with van der Waals surface area (Å²) in [6.07, 6.45) is 7.82. The molecule has 0 aromatic carbocycles. The van der Waals surface area contributed by atoms with Gasteiger partial charge in [0.2, 0.25) is 0 Å². The predicted molar refractivity (Wildman–Crippen MR) is 141 cm³/mol. The minimum absolute atomic E-state index is 0. The molecule has 0 aliphatic heterocycles. The van der Waals surface area contributed by atoms with E-state index in [2.05, 4.69) is 59.9 Å². The van der Waals surface area contributed by atoms with E-state index >= 15 is 0 Å². The van der Waals surface area contributed by atoms with E-state index in [9.17, 15) is 0 Å². The molecule has 0 radical (unpaired) electrons. The van der Waals surface area contributed by atoms with Crippen LogP contribution in [0.1, 0.15) is 0 Å². The van der Waals surface area contributed by atoms with Gasteiger partial charge in [-0.05, 0) is 25.0 Å². The molecule has 0 aliphatic rings. The SMILES string of the molecule is CSN([C-]=S)SC.CSN([C-]=S)SC.NC(=S)SCCSC(N)=S.[Zn+2]. The molecular weight excluding hydrogens is 562 g/mol.